The largest absolute Gasteiger partial charge is 0.274 e. The topological polar surface area (TPSA) is 17.8 Å². The van der Waals surface area contributed by atoms with E-state index < -0.39 is 0 Å². The summed E-state index contributed by atoms with van der Waals surface area (Å²) >= 11 is 0. The van der Waals surface area contributed by atoms with Gasteiger partial charge in [0, 0.05) is 18.8 Å². The molecule has 0 amide bonds. The van der Waals surface area contributed by atoms with Gasteiger partial charge in [-0.3, -0.25) is 4.68 Å². The van der Waals surface area contributed by atoms with E-state index in [9.17, 15) is 0 Å². The normalized spacial score (nSPS) is 10.1. The first kappa shape index (κ1) is 10.5. The van der Waals surface area contributed by atoms with Crippen molar-refractivity contribution in [1.29, 1.82) is 0 Å². The molecule has 0 bridgehead atoms. The van der Waals surface area contributed by atoms with Crippen LogP contribution in [0.2, 0.25) is 0 Å². The van der Waals surface area contributed by atoms with Crippen molar-refractivity contribution in [1.82, 2.24) is 9.78 Å². The maximum absolute atomic E-state index is 5.45. The van der Waals surface area contributed by atoms with Crippen LogP contribution in [0, 0.1) is 12.3 Å². The molecule has 0 spiro atoms. The van der Waals surface area contributed by atoms with Crippen molar-refractivity contribution < 1.29 is 0 Å². The van der Waals surface area contributed by atoms with Gasteiger partial charge < -0.3 is 0 Å². The van der Waals surface area contributed by atoms with Gasteiger partial charge in [0.2, 0.25) is 0 Å². The van der Waals surface area contributed by atoms with Crippen molar-refractivity contribution in [3.05, 3.63) is 41.7 Å². The van der Waals surface area contributed by atoms with Gasteiger partial charge in [-0.05, 0) is 23.5 Å². The molecule has 0 saturated heterocycles. The predicted molar refractivity (Wildman–Crippen MR) is 66.0 cm³/mol. The minimum atomic E-state index is 0.704. The number of rotatable bonds is 2. The predicted octanol–water partition coefficient (Wildman–Crippen LogP) is 2.63. The van der Waals surface area contributed by atoms with E-state index in [2.05, 4.69) is 42.2 Å². The van der Waals surface area contributed by atoms with E-state index in [0.717, 1.165) is 17.5 Å². The van der Waals surface area contributed by atoms with E-state index in [1.165, 1.54) is 5.56 Å². The molecule has 0 fully saturated rings. The molecular formula is C14H14N2. The van der Waals surface area contributed by atoms with Gasteiger partial charge >= 0.3 is 0 Å². The molecule has 0 aliphatic heterocycles. The zero-order chi connectivity index (χ0) is 11.5. The van der Waals surface area contributed by atoms with Crippen LogP contribution in [-0.2, 0) is 13.5 Å². The monoisotopic (exact) mass is 210 g/mol. The van der Waals surface area contributed by atoms with Crippen molar-refractivity contribution >= 4 is 0 Å². The Balaban J connectivity index is 2.54. The minimum absolute atomic E-state index is 0.704. The molecule has 0 saturated carbocycles. The molecule has 80 valence electrons. The summed E-state index contributed by atoms with van der Waals surface area (Å²) in [5.41, 5.74) is 4.18. The molecule has 1 aromatic carbocycles. The summed E-state index contributed by atoms with van der Waals surface area (Å²) in [5, 5.41) is 4.24. The number of terminal acetylenes is 1. The van der Waals surface area contributed by atoms with E-state index >= 15 is 0 Å². The third-order valence-electron chi connectivity index (χ3n) is 2.61. The van der Waals surface area contributed by atoms with E-state index in [4.69, 9.17) is 6.42 Å². The fraction of sp³-hybridized carbons (Fsp3) is 0.214. The first-order valence-corrected chi connectivity index (χ1v) is 5.34. The third kappa shape index (κ3) is 1.85. The van der Waals surface area contributed by atoms with E-state index in [1.807, 2.05) is 13.2 Å². The average molecular weight is 210 g/mol. The Kier molecular flexibility index (Phi) is 2.78. The Hall–Kier alpha value is -2.01. The van der Waals surface area contributed by atoms with Crippen molar-refractivity contribution in [2.45, 2.75) is 13.3 Å². The second-order valence-electron chi connectivity index (χ2n) is 3.76. The van der Waals surface area contributed by atoms with Gasteiger partial charge in [0.15, 0.2) is 0 Å². The lowest BCUT2D eigenvalue weighted by molar-refractivity contribution is 0.764. The average Bonchev–Trinajstić information content (AvgIpc) is 2.70. The minimum Gasteiger partial charge on any atom is -0.274 e. The van der Waals surface area contributed by atoms with Crippen LogP contribution in [0.4, 0.5) is 0 Å². The number of hydrogen-bond donors (Lipinski definition) is 0. The van der Waals surface area contributed by atoms with Gasteiger partial charge in [0.25, 0.3) is 0 Å². The zero-order valence-corrected chi connectivity index (χ0v) is 9.57. The van der Waals surface area contributed by atoms with E-state index in [0.29, 0.717) is 5.69 Å². The lowest BCUT2D eigenvalue weighted by Crippen LogP contribution is -1.86. The van der Waals surface area contributed by atoms with Crippen molar-refractivity contribution in [3.8, 4) is 23.5 Å². The van der Waals surface area contributed by atoms with Gasteiger partial charge in [-0.2, -0.15) is 5.10 Å². The molecule has 16 heavy (non-hydrogen) atoms. The molecule has 2 heteroatoms. The van der Waals surface area contributed by atoms with Crippen LogP contribution in [0.15, 0.2) is 30.5 Å². The van der Waals surface area contributed by atoms with E-state index in [1.54, 1.807) is 4.68 Å². The molecular weight excluding hydrogens is 196 g/mol. The van der Waals surface area contributed by atoms with Gasteiger partial charge in [-0.1, -0.05) is 31.2 Å². The van der Waals surface area contributed by atoms with Gasteiger partial charge in [0.05, 0.1) is 0 Å². The number of nitrogens with zero attached hydrogens (tertiary/aromatic N) is 2. The van der Waals surface area contributed by atoms with Crippen LogP contribution in [-0.4, -0.2) is 9.78 Å². The molecule has 0 unspecified atom stereocenters. The van der Waals surface area contributed by atoms with Crippen LogP contribution in [0.3, 0.4) is 0 Å². The lowest BCUT2D eigenvalue weighted by atomic mass is 10.0. The lowest BCUT2D eigenvalue weighted by Gasteiger charge is -2.01. The third-order valence-corrected chi connectivity index (χ3v) is 2.61. The van der Waals surface area contributed by atoms with Gasteiger partial charge in [-0.25, -0.2) is 0 Å². The fourth-order valence-electron chi connectivity index (χ4n) is 1.77. The van der Waals surface area contributed by atoms with Crippen molar-refractivity contribution in [2.24, 2.45) is 7.05 Å². The van der Waals surface area contributed by atoms with Crippen LogP contribution in [0.25, 0.3) is 11.1 Å². The summed E-state index contributed by atoms with van der Waals surface area (Å²) in [6.07, 6.45) is 8.44. The van der Waals surface area contributed by atoms with Gasteiger partial charge in [-0.15, -0.1) is 6.42 Å². The maximum atomic E-state index is 5.45. The first-order chi connectivity index (χ1) is 7.74. The summed E-state index contributed by atoms with van der Waals surface area (Å²) < 4.78 is 1.75. The Labute approximate surface area is 95.9 Å². The van der Waals surface area contributed by atoms with E-state index in [-0.39, 0.29) is 0 Å². The highest BCUT2D eigenvalue weighted by Gasteiger charge is 2.07. The highest BCUT2D eigenvalue weighted by atomic mass is 15.2. The molecule has 1 heterocycles. The zero-order valence-electron chi connectivity index (χ0n) is 9.57. The number of hydrogen-bond acceptors (Lipinski definition) is 1. The standard InChI is InChI=1S/C14H14N2/c1-4-11-7-6-8-12(9-11)13-10-16(3)15-14(13)5-2/h2,6-10H,4H2,1,3H3. The van der Waals surface area contributed by atoms with Crippen molar-refractivity contribution in [2.75, 3.05) is 0 Å². The second kappa shape index (κ2) is 4.24. The SMILES string of the molecule is C#Cc1nn(C)cc1-c1cccc(CC)c1. The molecule has 0 atom stereocenters. The Morgan fingerprint density at radius 2 is 2.25 bits per heavy atom. The summed E-state index contributed by atoms with van der Waals surface area (Å²) in [5.74, 6) is 2.62. The molecule has 2 aromatic rings. The summed E-state index contributed by atoms with van der Waals surface area (Å²) in [4.78, 5) is 0. The quantitative estimate of drug-likeness (QED) is 0.697. The van der Waals surface area contributed by atoms with Crippen LogP contribution in [0.5, 0.6) is 0 Å². The van der Waals surface area contributed by atoms with Crippen LogP contribution < -0.4 is 0 Å². The van der Waals surface area contributed by atoms with Crippen LogP contribution in [0.1, 0.15) is 18.2 Å². The smallest absolute Gasteiger partial charge is 0.142 e. The summed E-state index contributed by atoms with van der Waals surface area (Å²) in [6.45, 7) is 2.14. The highest BCUT2D eigenvalue weighted by Crippen LogP contribution is 2.23. The summed E-state index contributed by atoms with van der Waals surface area (Å²) in [7, 11) is 1.88. The molecule has 0 aliphatic carbocycles. The Morgan fingerprint density at radius 1 is 1.44 bits per heavy atom. The molecule has 2 nitrogen and oxygen atoms in total. The van der Waals surface area contributed by atoms with Gasteiger partial charge in [0.1, 0.15) is 5.69 Å². The number of aryl methyl sites for hydroxylation is 2. The molecule has 0 aliphatic rings. The Morgan fingerprint density at radius 3 is 2.94 bits per heavy atom. The molecule has 0 N–H and O–H groups in total. The Bertz CT molecular complexity index is 544. The summed E-state index contributed by atoms with van der Waals surface area (Å²) in [6, 6.07) is 8.41. The maximum Gasteiger partial charge on any atom is 0.142 e. The van der Waals surface area contributed by atoms with Crippen molar-refractivity contribution in [3.63, 3.8) is 0 Å². The second-order valence-corrected chi connectivity index (χ2v) is 3.76. The fourth-order valence-corrected chi connectivity index (χ4v) is 1.77. The first-order valence-electron chi connectivity index (χ1n) is 5.34. The van der Waals surface area contributed by atoms with Crippen LogP contribution >= 0.6 is 0 Å². The highest BCUT2D eigenvalue weighted by molar-refractivity contribution is 5.69. The number of benzene rings is 1. The number of aromatic nitrogens is 2. The molecule has 2 rings (SSSR count). The molecule has 1 aromatic heterocycles. The molecule has 0 radical (unpaired) electrons.